The number of nitrogens with zero attached hydrogens (tertiary/aromatic N) is 3. The molecule has 0 aliphatic carbocycles. The van der Waals surface area contributed by atoms with Crippen LogP contribution in [0.1, 0.15) is 18.4 Å². The second-order valence-corrected chi connectivity index (χ2v) is 6.43. The van der Waals surface area contributed by atoms with Crippen LogP contribution in [-0.2, 0) is 6.18 Å². The van der Waals surface area contributed by atoms with Gasteiger partial charge >= 0.3 is 6.18 Å². The molecule has 1 aliphatic heterocycles. The van der Waals surface area contributed by atoms with Crippen molar-refractivity contribution in [1.29, 1.82) is 5.26 Å². The highest BCUT2D eigenvalue weighted by molar-refractivity contribution is 6.30. The van der Waals surface area contributed by atoms with E-state index in [2.05, 4.69) is 11.1 Å². The fourth-order valence-corrected chi connectivity index (χ4v) is 3.15. The minimum atomic E-state index is -4.51. The maximum absolute atomic E-state index is 13.6. The smallest absolute Gasteiger partial charge is 0.356 e. The van der Waals surface area contributed by atoms with E-state index in [1.165, 1.54) is 6.20 Å². The average molecular weight is 366 g/mol. The number of pyridine rings is 1. The molecule has 0 N–H and O–H groups in total. The van der Waals surface area contributed by atoms with Gasteiger partial charge in [-0.25, -0.2) is 4.98 Å². The summed E-state index contributed by atoms with van der Waals surface area (Å²) in [6, 6.07) is 9.94. The molecular weight excluding hydrogens is 351 g/mol. The van der Waals surface area contributed by atoms with E-state index in [1.54, 1.807) is 29.2 Å². The summed E-state index contributed by atoms with van der Waals surface area (Å²) in [6.07, 6.45) is -1.98. The number of piperidine rings is 1. The van der Waals surface area contributed by atoms with Gasteiger partial charge in [0, 0.05) is 35.8 Å². The van der Waals surface area contributed by atoms with Gasteiger partial charge in [-0.05, 0) is 36.6 Å². The monoisotopic (exact) mass is 365 g/mol. The van der Waals surface area contributed by atoms with Crippen LogP contribution in [0.4, 0.5) is 19.0 Å². The summed E-state index contributed by atoms with van der Waals surface area (Å²) < 4.78 is 40.7. The molecule has 2 heterocycles. The standard InChI is InChI=1S/C18H15ClF3N3/c19-15-3-1-2-13(8-15)14-9-16(18(20,21)22)17(24-11-14)25-6-4-12(10-23)5-7-25/h1-3,8-9,11-12H,4-7H2. The number of hydrogen-bond donors (Lipinski definition) is 0. The van der Waals surface area contributed by atoms with E-state index in [0.29, 0.717) is 42.1 Å². The first kappa shape index (κ1) is 17.6. The van der Waals surface area contributed by atoms with Crippen molar-refractivity contribution in [2.24, 2.45) is 5.92 Å². The third-order valence-electron chi connectivity index (χ3n) is 4.31. The van der Waals surface area contributed by atoms with Crippen LogP contribution in [0.3, 0.4) is 0 Å². The lowest BCUT2D eigenvalue weighted by Gasteiger charge is -2.32. The average Bonchev–Trinajstić information content (AvgIpc) is 2.60. The number of halogens is 4. The van der Waals surface area contributed by atoms with E-state index < -0.39 is 11.7 Å². The summed E-state index contributed by atoms with van der Waals surface area (Å²) in [7, 11) is 0. The van der Waals surface area contributed by atoms with Gasteiger partial charge < -0.3 is 4.90 Å². The van der Waals surface area contributed by atoms with Crippen molar-refractivity contribution in [3.8, 4) is 17.2 Å². The Morgan fingerprint density at radius 3 is 2.48 bits per heavy atom. The molecule has 0 unspecified atom stereocenters. The van der Waals surface area contributed by atoms with Crippen molar-refractivity contribution >= 4 is 17.4 Å². The fraction of sp³-hybridized carbons (Fsp3) is 0.333. The van der Waals surface area contributed by atoms with E-state index >= 15 is 0 Å². The van der Waals surface area contributed by atoms with Crippen LogP contribution in [0.15, 0.2) is 36.5 Å². The van der Waals surface area contributed by atoms with Gasteiger partial charge in [0.25, 0.3) is 0 Å². The maximum Gasteiger partial charge on any atom is 0.419 e. The van der Waals surface area contributed by atoms with E-state index in [-0.39, 0.29) is 11.7 Å². The van der Waals surface area contributed by atoms with Gasteiger partial charge in [0.2, 0.25) is 0 Å². The minimum absolute atomic E-state index is 0.0744. The van der Waals surface area contributed by atoms with Crippen LogP contribution in [0.5, 0.6) is 0 Å². The largest absolute Gasteiger partial charge is 0.419 e. The van der Waals surface area contributed by atoms with E-state index in [9.17, 15) is 13.2 Å². The number of aromatic nitrogens is 1. The highest BCUT2D eigenvalue weighted by atomic mass is 35.5. The van der Waals surface area contributed by atoms with Gasteiger partial charge in [-0.2, -0.15) is 18.4 Å². The highest BCUT2D eigenvalue weighted by Crippen LogP contribution is 2.39. The molecule has 3 rings (SSSR count). The summed E-state index contributed by atoms with van der Waals surface area (Å²) in [5.74, 6) is -0.175. The third kappa shape index (κ3) is 3.88. The first-order chi connectivity index (χ1) is 11.9. The van der Waals surface area contributed by atoms with Gasteiger partial charge in [0.05, 0.1) is 11.6 Å². The predicted octanol–water partition coefficient (Wildman–Crippen LogP) is 5.16. The SMILES string of the molecule is N#CC1CCN(c2ncc(-c3cccc(Cl)c3)cc2C(F)(F)F)CC1. The molecular formula is C18H15ClF3N3. The van der Waals surface area contributed by atoms with Crippen molar-refractivity contribution in [3.05, 3.63) is 47.1 Å². The molecule has 3 nitrogen and oxygen atoms in total. The summed E-state index contributed by atoms with van der Waals surface area (Å²) in [5.41, 5.74) is 0.186. The molecule has 25 heavy (non-hydrogen) atoms. The molecule has 2 aromatic rings. The quantitative estimate of drug-likeness (QED) is 0.738. The Hall–Kier alpha value is -2.26. The molecule has 1 fully saturated rings. The molecule has 1 saturated heterocycles. The molecule has 0 saturated carbocycles. The summed E-state index contributed by atoms with van der Waals surface area (Å²) in [5, 5.41) is 9.39. The normalized spacial score (nSPS) is 15.9. The Kier molecular flexibility index (Phi) is 4.87. The fourth-order valence-electron chi connectivity index (χ4n) is 2.96. The zero-order valence-corrected chi connectivity index (χ0v) is 14.0. The van der Waals surface area contributed by atoms with Crippen LogP contribution in [-0.4, -0.2) is 18.1 Å². The second kappa shape index (κ2) is 6.93. The number of benzene rings is 1. The van der Waals surface area contributed by atoms with Gasteiger partial charge in [0.1, 0.15) is 5.82 Å². The van der Waals surface area contributed by atoms with Crippen LogP contribution >= 0.6 is 11.6 Å². The zero-order valence-electron chi connectivity index (χ0n) is 13.2. The maximum atomic E-state index is 13.6. The van der Waals surface area contributed by atoms with Crippen LogP contribution in [0, 0.1) is 17.2 Å². The number of alkyl halides is 3. The molecule has 130 valence electrons. The number of nitriles is 1. The molecule has 0 bridgehead atoms. The molecule has 0 radical (unpaired) electrons. The Labute approximate surface area is 148 Å². The number of anilines is 1. The lowest BCUT2D eigenvalue weighted by molar-refractivity contribution is -0.137. The molecule has 7 heteroatoms. The Morgan fingerprint density at radius 2 is 1.88 bits per heavy atom. The van der Waals surface area contributed by atoms with Gasteiger partial charge in [0.15, 0.2) is 0 Å². The summed E-state index contributed by atoms with van der Waals surface area (Å²) in [4.78, 5) is 5.72. The van der Waals surface area contributed by atoms with Crippen molar-refractivity contribution in [2.45, 2.75) is 19.0 Å². The van der Waals surface area contributed by atoms with Crippen molar-refractivity contribution in [3.63, 3.8) is 0 Å². The van der Waals surface area contributed by atoms with Crippen LogP contribution < -0.4 is 4.90 Å². The number of rotatable bonds is 2. The zero-order chi connectivity index (χ0) is 18.0. The van der Waals surface area contributed by atoms with Gasteiger partial charge in [-0.3, -0.25) is 0 Å². The number of hydrogen-bond acceptors (Lipinski definition) is 3. The van der Waals surface area contributed by atoms with Gasteiger partial charge in [-0.1, -0.05) is 23.7 Å². The lowest BCUT2D eigenvalue weighted by Crippen LogP contribution is -2.35. The Bertz CT molecular complexity index is 806. The van der Waals surface area contributed by atoms with Gasteiger partial charge in [-0.15, -0.1) is 0 Å². The van der Waals surface area contributed by atoms with Crippen molar-refractivity contribution in [2.75, 3.05) is 18.0 Å². The highest BCUT2D eigenvalue weighted by Gasteiger charge is 2.37. The third-order valence-corrected chi connectivity index (χ3v) is 4.54. The van der Waals surface area contributed by atoms with Crippen molar-refractivity contribution in [1.82, 2.24) is 4.98 Å². The summed E-state index contributed by atoms with van der Waals surface area (Å²) >= 11 is 5.93. The lowest BCUT2D eigenvalue weighted by atomic mass is 9.98. The molecule has 0 spiro atoms. The van der Waals surface area contributed by atoms with Crippen molar-refractivity contribution < 1.29 is 13.2 Å². The van der Waals surface area contributed by atoms with Crippen LogP contribution in [0.2, 0.25) is 5.02 Å². The first-order valence-electron chi connectivity index (χ1n) is 7.86. The first-order valence-corrected chi connectivity index (χ1v) is 8.24. The summed E-state index contributed by atoms with van der Waals surface area (Å²) in [6.45, 7) is 0.787. The second-order valence-electron chi connectivity index (χ2n) is 5.99. The molecule has 1 aromatic heterocycles. The molecule has 0 amide bonds. The molecule has 1 aliphatic rings. The Morgan fingerprint density at radius 1 is 1.16 bits per heavy atom. The molecule has 1 aromatic carbocycles. The molecule has 0 atom stereocenters. The Balaban J connectivity index is 1.98. The topological polar surface area (TPSA) is 39.9 Å². The van der Waals surface area contributed by atoms with Crippen LogP contribution in [0.25, 0.3) is 11.1 Å². The van der Waals surface area contributed by atoms with E-state index in [4.69, 9.17) is 16.9 Å². The minimum Gasteiger partial charge on any atom is -0.356 e. The van der Waals surface area contributed by atoms with E-state index in [1.807, 2.05) is 0 Å². The predicted molar refractivity (Wildman–Crippen MR) is 90.2 cm³/mol. The van der Waals surface area contributed by atoms with E-state index in [0.717, 1.165) is 6.07 Å².